The molecule has 2 unspecified atom stereocenters. The monoisotopic (exact) mass is 242 g/mol. The van der Waals surface area contributed by atoms with Gasteiger partial charge in [-0.3, -0.25) is 4.79 Å². The van der Waals surface area contributed by atoms with E-state index in [9.17, 15) is 4.79 Å². The molecule has 0 aromatic carbocycles. The Morgan fingerprint density at radius 2 is 2.29 bits per heavy atom. The molecule has 1 fully saturated rings. The average Bonchev–Trinajstić information content (AvgIpc) is 2.78. The van der Waals surface area contributed by atoms with E-state index in [0.29, 0.717) is 18.6 Å². The van der Waals surface area contributed by atoms with Crippen LogP contribution >= 0.6 is 0 Å². The highest BCUT2D eigenvalue weighted by molar-refractivity contribution is 5.76. The van der Waals surface area contributed by atoms with Crippen LogP contribution < -0.4 is 10.6 Å². The van der Waals surface area contributed by atoms with Gasteiger partial charge in [-0.05, 0) is 46.6 Å². The number of methoxy groups -OCH3 is 1. The molecule has 0 radical (unpaired) electrons. The Hall–Kier alpha value is -0.610. The predicted molar refractivity (Wildman–Crippen MR) is 68.9 cm³/mol. The van der Waals surface area contributed by atoms with E-state index in [1.807, 2.05) is 13.8 Å². The summed E-state index contributed by atoms with van der Waals surface area (Å²) in [5.41, 5.74) is -0.452. The van der Waals surface area contributed by atoms with Gasteiger partial charge in [0.25, 0.3) is 0 Å². The highest BCUT2D eigenvalue weighted by atomic mass is 16.5. The van der Waals surface area contributed by atoms with Gasteiger partial charge in [0, 0.05) is 18.6 Å². The van der Waals surface area contributed by atoms with Crippen molar-refractivity contribution >= 4 is 5.97 Å². The van der Waals surface area contributed by atoms with Crippen LogP contribution in [0.25, 0.3) is 0 Å². The zero-order valence-corrected chi connectivity index (χ0v) is 11.5. The molecule has 0 aromatic rings. The first kappa shape index (κ1) is 14.5. The molecule has 4 heteroatoms. The standard InChI is InChI=1S/C13H26N2O2/c1-10(8-11-6-5-7-14-11)15-9-13(2,3)12(16)17-4/h10-11,14-15H,5-9H2,1-4H3. The lowest BCUT2D eigenvalue weighted by Crippen LogP contribution is -2.42. The number of hydrogen-bond acceptors (Lipinski definition) is 4. The first-order chi connectivity index (χ1) is 7.95. The van der Waals surface area contributed by atoms with Crippen LogP contribution in [-0.2, 0) is 9.53 Å². The van der Waals surface area contributed by atoms with Crippen LogP contribution in [0.15, 0.2) is 0 Å². The summed E-state index contributed by atoms with van der Waals surface area (Å²) in [4.78, 5) is 11.5. The van der Waals surface area contributed by atoms with Crippen LogP contribution in [0.1, 0.15) is 40.0 Å². The quantitative estimate of drug-likeness (QED) is 0.690. The van der Waals surface area contributed by atoms with Gasteiger partial charge in [0.1, 0.15) is 0 Å². The number of esters is 1. The molecule has 1 saturated heterocycles. The molecule has 2 N–H and O–H groups in total. The van der Waals surface area contributed by atoms with Gasteiger partial charge in [-0.1, -0.05) is 0 Å². The smallest absolute Gasteiger partial charge is 0.312 e. The van der Waals surface area contributed by atoms with Crippen LogP contribution in [0, 0.1) is 5.41 Å². The Balaban J connectivity index is 2.26. The maximum atomic E-state index is 11.5. The fourth-order valence-electron chi connectivity index (χ4n) is 2.25. The van der Waals surface area contributed by atoms with E-state index in [4.69, 9.17) is 4.74 Å². The number of carbonyl (C=O) groups is 1. The summed E-state index contributed by atoms with van der Waals surface area (Å²) < 4.78 is 4.79. The van der Waals surface area contributed by atoms with Gasteiger partial charge in [-0.15, -0.1) is 0 Å². The van der Waals surface area contributed by atoms with Gasteiger partial charge in [0.15, 0.2) is 0 Å². The van der Waals surface area contributed by atoms with Crippen LogP contribution in [0.5, 0.6) is 0 Å². The molecule has 0 bridgehead atoms. The van der Waals surface area contributed by atoms with Crippen molar-refractivity contribution in [3.05, 3.63) is 0 Å². The predicted octanol–water partition coefficient (Wildman–Crippen LogP) is 1.31. The molecule has 1 aliphatic heterocycles. The van der Waals surface area contributed by atoms with Crippen molar-refractivity contribution in [2.45, 2.75) is 52.1 Å². The van der Waals surface area contributed by atoms with Gasteiger partial charge in [0.2, 0.25) is 0 Å². The third-order valence-corrected chi connectivity index (χ3v) is 3.43. The van der Waals surface area contributed by atoms with Crippen molar-refractivity contribution in [2.75, 3.05) is 20.2 Å². The van der Waals surface area contributed by atoms with Gasteiger partial charge in [0.05, 0.1) is 12.5 Å². The Morgan fingerprint density at radius 3 is 2.82 bits per heavy atom. The molecule has 0 aliphatic carbocycles. The number of nitrogens with one attached hydrogen (secondary N) is 2. The summed E-state index contributed by atoms with van der Waals surface area (Å²) in [5, 5.41) is 6.91. The van der Waals surface area contributed by atoms with E-state index < -0.39 is 5.41 Å². The zero-order chi connectivity index (χ0) is 12.9. The number of carbonyl (C=O) groups excluding carboxylic acids is 1. The lowest BCUT2D eigenvalue weighted by atomic mass is 9.93. The average molecular weight is 242 g/mol. The minimum Gasteiger partial charge on any atom is -0.469 e. The minimum atomic E-state index is -0.452. The Morgan fingerprint density at radius 1 is 1.59 bits per heavy atom. The molecule has 4 nitrogen and oxygen atoms in total. The van der Waals surface area contributed by atoms with Crippen molar-refractivity contribution in [1.82, 2.24) is 10.6 Å². The van der Waals surface area contributed by atoms with Crippen molar-refractivity contribution in [2.24, 2.45) is 5.41 Å². The fraction of sp³-hybridized carbons (Fsp3) is 0.923. The lowest BCUT2D eigenvalue weighted by Gasteiger charge is -2.25. The Bertz CT molecular complexity index is 248. The highest BCUT2D eigenvalue weighted by Gasteiger charge is 2.29. The Kier molecular flexibility index (Phi) is 5.40. The number of ether oxygens (including phenoxy) is 1. The largest absolute Gasteiger partial charge is 0.469 e. The summed E-state index contributed by atoms with van der Waals surface area (Å²) in [6.07, 6.45) is 3.68. The Labute approximate surface area is 104 Å². The molecule has 0 aromatic heterocycles. The third-order valence-electron chi connectivity index (χ3n) is 3.43. The maximum absolute atomic E-state index is 11.5. The van der Waals surface area contributed by atoms with Crippen molar-refractivity contribution in [3.8, 4) is 0 Å². The van der Waals surface area contributed by atoms with E-state index in [2.05, 4.69) is 17.6 Å². The van der Waals surface area contributed by atoms with E-state index in [0.717, 1.165) is 13.0 Å². The van der Waals surface area contributed by atoms with E-state index in [-0.39, 0.29) is 5.97 Å². The molecule has 1 aliphatic rings. The first-order valence-electron chi connectivity index (χ1n) is 6.51. The summed E-state index contributed by atoms with van der Waals surface area (Å²) in [5.74, 6) is -0.156. The van der Waals surface area contributed by atoms with Gasteiger partial charge in [-0.2, -0.15) is 0 Å². The van der Waals surface area contributed by atoms with Crippen molar-refractivity contribution in [3.63, 3.8) is 0 Å². The fourth-order valence-corrected chi connectivity index (χ4v) is 2.25. The molecular weight excluding hydrogens is 216 g/mol. The number of rotatable bonds is 6. The second kappa shape index (κ2) is 6.36. The molecule has 2 atom stereocenters. The molecule has 0 saturated carbocycles. The summed E-state index contributed by atoms with van der Waals surface area (Å²) >= 11 is 0. The third kappa shape index (κ3) is 4.64. The maximum Gasteiger partial charge on any atom is 0.312 e. The molecule has 0 amide bonds. The van der Waals surface area contributed by atoms with Crippen molar-refractivity contribution < 1.29 is 9.53 Å². The minimum absolute atomic E-state index is 0.156. The molecular formula is C13H26N2O2. The van der Waals surface area contributed by atoms with Crippen LogP contribution in [0.2, 0.25) is 0 Å². The van der Waals surface area contributed by atoms with Crippen molar-refractivity contribution in [1.29, 1.82) is 0 Å². The molecule has 100 valence electrons. The van der Waals surface area contributed by atoms with Gasteiger partial charge in [-0.25, -0.2) is 0 Å². The first-order valence-corrected chi connectivity index (χ1v) is 6.51. The van der Waals surface area contributed by atoms with Crippen LogP contribution in [-0.4, -0.2) is 38.3 Å². The van der Waals surface area contributed by atoms with E-state index in [1.165, 1.54) is 20.0 Å². The second-order valence-corrected chi connectivity index (χ2v) is 5.69. The number of hydrogen-bond donors (Lipinski definition) is 2. The lowest BCUT2D eigenvalue weighted by molar-refractivity contribution is -0.150. The van der Waals surface area contributed by atoms with Gasteiger partial charge < -0.3 is 15.4 Å². The second-order valence-electron chi connectivity index (χ2n) is 5.69. The topological polar surface area (TPSA) is 50.4 Å². The normalized spacial score (nSPS) is 22.5. The van der Waals surface area contributed by atoms with Crippen LogP contribution in [0.4, 0.5) is 0 Å². The highest BCUT2D eigenvalue weighted by Crippen LogP contribution is 2.17. The summed E-state index contributed by atoms with van der Waals surface area (Å²) in [6.45, 7) is 7.80. The molecule has 1 heterocycles. The molecule has 1 rings (SSSR count). The summed E-state index contributed by atoms with van der Waals surface area (Å²) in [7, 11) is 1.44. The SMILES string of the molecule is COC(=O)C(C)(C)CNC(C)CC1CCCN1. The zero-order valence-electron chi connectivity index (χ0n) is 11.5. The molecule has 0 spiro atoms. The molecule has 17 heavy (non-hydrogen) atoms. The van der Waals surface area contributed by atoms with Crippen LogP contribution in [0.3, 0.4) is 0 Å². The summed E-state index contributed by atoms with van der Waals surface area (Å²) in [6, 6.07) is 1.06. The van der Waals surface area contributed by atoms with E-state index in [1.54, 1.807) is 0 Å². The van der Waals surface area contributed by atoms with E-state index >= 15 is 0 Å². The van der Waals surface area contributed by atoms with Gasteiger partial charge >= 0.3 is 5.97 Å².